The number of imidazole rings is 1. The van der Waals surface area contributed by atoms with Crippen LogP contribution < -0.4 is 20.7 Å². The van der Waals surface area contributed by atoms with Crippen molar-refractivity contribution in [3.05, 3.63) is 54.2 Å². The highest BCUT2D eigenvalue weighted by Crippen LogP contribution is 2.39. The normalized spacial score (nSPS) is 11.1. The van der Waals surface area contributed by atoms with Gasteiger partial charge in [0.15, 0.2) is 11.6 Å². The van der Waals surface area contributed by atoms with E-state index < -0.39 is 11.8 Å². The molecule has 41 heavy (non-hydrogen) atoms. The molecule has 0 spiro atoms. The number of hydrogen-bond acceptors (Lipinski definition) is 7. The number of anilines is 1. The van der Waals surface area contributed by atoms with E-state index in [0.717, 1.165) is 15.3 Å². The molecule has 11 nitrogen and oxygen atoms in total. The molecule has 0 radical (unpaired) electrons. The third-order valence-electron chi connectivity index (χ3n) is 6.04. The summed E-state index contributed by atoms with van der Waals surface area (Å²) in [5.74, 6) is 0.550. The second kappa shape index (κ2) is 13.4. The van der Waals surface area contributed by atoms with Gasteiger partial charge < -0.3 is 34.9 Å². The molecule has 3 aromatic heterocycles. The molecule has 4 rings (SSSR count). The van der Waals surface area contributed by atoms with Crippen molar-refractivity contribution in [1.82, 2.24) is 30.1 Å². The number of fused-ring (bicyclic) bond motifs is 1. The molecule has 0 unspecified atom stereocenters. The summed E-state index contributed by atoms with van der Waals surface area (Å²) >= 11 is 1.42. The first-order valence-corrected chi connectivity index (χ1v) is 14.0. The number of nitrogens with zero attached hydrogens (tertiary/aromatic N) is 4. The number of pyridine rings is 1. The first-order valence-electron chi connectivity index (χ1n) is 13.2. The first kappa shape index (κ1) is 29.7. The Morgan fingerprint density at radius 1 is 1.17 bits per heavy atom. The van der Waals surface area contributed by atoms with Gasteiger partial charge in [-0.1, -0.05) is 0 Å². The van der Waals surface area contributed by atoms with E-state index in [1.165, 1.54) is 23.5 Å². The van der Waals surface area contributed by atoms with Crippen molar-refractivity contribution in [3.8, 4) is 22.2 Å². The molecule has 13 heteroatoms. The van der Waals surface area contributed by atoms with E-state index in [2.05, 4.69) is 25.9 Å². The van der Waals surface area contributed by atoms with Crippen molar-refractivity contribution in [3.63, 3.8) is 0 Å². The van der Waals surface area contributed by atoms with E-state index in [1.807, 2.05) is 38.5 Å². The number of carbonyl (C=O) groups is 2. The van der Waals surface area contributed by atoms with Crippen molar-refractivity contribution in [2.75, 3.05) is 32.1 Å². The summed E-state index contributed by atoms with van der Waals surface area (Å²) in [6, 6.07) is 7.19. The fourth-order valence-electron chi connectivity index (χ4n) is 4.05. The number of aromatic nitrogens is 3. The minimum absolute atomic E-state index is 0.0167. The molecule has 3 heterocycles. The Morgan fingerprint density at radius 3 is 2.68 bits per heavy atom. The van der Waals surface area contributed by atoms with Gasteiger partial charge >= 0.3 is 12.1 Å². The van der Waals surface area contributed by atoms with Gasteiger partial charge in [0.1, 0.15) is 11.6 Å². The molecule has 1 aromatic carbocycles. The lowest BCUT2D eigenvalue weighted by molar-refractivity contribution is 0.146. The SMILES string of the molecule is CCNC(=O)N(CCOC)Cc1cnc(-c2cc3nccc(Oc4ccc(NC(=O)NC(C)C)cc4F)c3s2)n1C. The number of ether oxygens (including phenoxy) is 2. The molecular weight excluding hydrogens is 549 g/mol. The van der Waals surface area contributed by atoms with E-state index in [-0.39, 0.29) is 17.8 Å². The van der Waals surface area contributed by atoms with Gasteiger partial charge in [-0.3, -0.25) is 4.98 Å². The molecule has 218 valence electrons. The van der Waals surface area contributed by atoms with Gasteiger partial charge in [0.05, 0.1) is 40.1 Å². The predicted molar refractivity (Wildman–Crippen MR) is 157 cm³/mol. The highest BCUT2D eigenvalue weighted by molar-refractivity contribution is 7.22. The Hall–Kier alpha value is -4.23. The van der Waals surface area contributed by atoms with E-state index in [1.54, 1.807) is 36.5 Å². The van der Waals surface area contributed by atoms with E-state index >= 15 is 0 Å². The van der Waals surface area contributed by atoms with E-state index in [9.17, 15) is 14.0 Å². The van der Waals surface area contributed by atoms with Crippen LogP contribution in [-0.4, -0.2) is 64.3 Å². The van der Waals surface area contributed by atoms with Crippen molar-refractivity contribution >= 4 is 39.3 Å². The summed E-state index contributed by atoms with van der Waals surface area (Å²) in [7, 11) is 3.49. The number of benzene rings is 1. The third kappa shape index (κ3) is 7.30. The molecule has 3 N–H and O–H groups in total. The van der Waals surface area contributed by atoms with Crippen molar-refractivity contribution in [2.24, 2.45) is 7.05 Å². The van der Waals surface area contributed by atoms with Crippen molar-refractivity contribution in [1.29, 1.82) is 0 Å². The topological polar surface area (TPSA) is 123 Å². The molecular formula is C28H34FN7O4S. The van der Waals surface area contributed by atoms with E-state index in [4.69, 9.17) is 9.47 Å². The summed E-state index contributed by atoms with van der Waals surface area (Å²) in [6.45, 7) is 7.29. The molecule has 0 saturated carbocycles. The van der Waals surface area contributed by atoms with Crippen LogP contribution in [0.2, 0.25) is 0 Å². The van der Waals surface area contributed by atoms with Gasteiger partial charge in [0.25, 0.3) is 0 Å². The zero-order valence-electron chi connectivity index (χ0n) is 23.7. The van der Waals surface area contributed by atoms with Gasteiger partial charge in [-0.05, 0) is 39.0 Å². The summed E-state index contributed by atoms with van der Waals surface area (Å²) in [4.78, 5) is 36.1. The molecule has 0 saturated heterocycles. The number of hydrogen-bond donors (Lipinski definition) is 3. The second-order valence-electron chi connectivity index (χ2n) is 9.52. The Labute approximate surface area is 241 Å². The first-order chi connectivity index (χ1) is 19.7. The number of nitrogens with one attached hydrogen (secondary N) is 3. The van der Waals surface area contributed by atoms with Crippen LogP contribution in [0.1, 0.15) is 26.5 Å². The van der Waals surface area contributed by atoms with Crippen LogP contribution >= 0.6 is 11.3 Å². The minimum Gasteiger partial charge on any atom is -0.453 e. The predicted octanol–water partition coefficient (Wildman–Crippen LogP) is 5.34. The van der Waals surface area contributed by atoms with Crippen LogP contribution in [0.25, 0.3) is 20.9 Å². The van der Waals surface area contributed by atoms with Gasteiger partial charge in [-0.2, -0.15) is 0 Å². The number of halogens is 1. The van der Waals surface area contributed by atoms with Crippen molar-refractivity contribution in [2.45, 2.75) is 33.4 Å². The third-order valence-corrected chi connectivity index (χ3v) is 7.18. The van der Waals surface area contributed by atoms with Gasteiger partial charge in [-0.25, -0.2) is 19.0 Å². The van der Waals surface area contributed by atoms with Crippen LogP contribution in [0.5, 0.6) is 11.5 Å². The number of urea groups is 2. The number of methoxy groups -OCH3 is 1. The standard InChI is InChI=1S/C28H34FN7O4S/c1-6-30-28(38)36(11-12-39-5)16-19-15-32-26(35(19)4)24-14-21-25(41-24)23(9-10-31-21)40-22-8-7-18(13-20(22)29)34-27(37)33-17(2)3/h7-10,13-15,17H,6,11-12,16H2,1-5H3,(H,30,38)(H2,33,34,37). The van der Waals surface area contributed by atoms with Crippen LogP contribution in [0, 0.1) is 5.82 Å². The highest BCUT2D eigenvalue weighted by atomic mass is 32.1. The maximum atomic E-state index is 14.9. The van der Waals surface area contributed by atoms with Gasteiger partial charge in [0.2, 0.25) is 0 Å². The molecule has 0 aliphatic carbocycles. The van der Waals surface area contributed by atoms with Crippen LogP contribution in [0.15, 0.2) is 42.7 Å². The van der Waals surface area contributed by atoms with Gasteiger partial charge in [-0.15, -0.1) is 11.3 Å². The Balaban J connectivity index is 1.55. The molecule has 0 aliphatic heterocycles. The summed E-state index contributed by atoms with van der Waals surface area (Å²) in [6.07, 6.45) is 3.35. The Morgan fingerprint density at radius 2 is 1.98 bits per heavy atom. The average Bonchev–Trinajstić information content (AvgIpc) is 3.51. The average molecular weight is 584 g/mol. The molecule has 0 bridgehead atoms. The lowest BCUT2D eigenvalue weighted by atomic mass is 10.3. The molecule has 0 fully saturated rings. The summed E-state index contributed by atoms with van der Waals surface area (Å²) < 4.78 is 28.7. The number of carbonyl (C=O) groups excluding carboxylic acids is 2. The van der Waals surface area contributed by atoms with Crippen molar-refractivity contribution < 1.29 is 23.5 Å². The number of rotatable bonds is 11. The minimum atomic E-state index is -0.618. The van der Waals surface area contributed by atoms with Crippen LogP contribution in [0.4, 0.5) is 19.7 Å². The molecule has 4 aromatic rings. The Bertz CT molecular complexity index is 1520. The number of thiophene rings is 1. The largest absolute Gasteiger partial charge is 0.453 e. The smallest absolute Gasteiger partial charge is 0.319 e. The zero-order valence-corrected chi connectivity index (χ0v) is 24.5. The van der Waals surface area contributed by atoms with Crippen LogP contribution in [0.3, 0.4) is 0 Å². The summed E-state index contributed by atoms with van der Waals surface area (Å²) in [5, 5.41) is 8.13. The molecule has 4 amide bonds. The maximum absolute atomic E-state index is 14.9. The highest BCUT2D eigenvalue weighted by Gasteiger charge is 2.19. The summed E-state index contributed by atoms with van der Waals surface area (Å²) in [5.41, 5.74) is 1.84. The van der Waals surface area contributed by atoms with Crippen LogP contribution in [-0.2, 0) is 18.3 Å². The zero-order chi connectivity index (χ0) is 29.5. The second-order valence-corrected chi connectivity index (χ2v) is 10.6. The monoisotopic (exact) mass is 583 g/mol. The number of amides is 4. The maximum Gasteiger partial charge on any atom is 0.319 e. The molecule has 0 atom stereocenters. The Kier molecular flexibility index (Phi) is 9.73. The van der Waals surface area contributed by atoms with E-state index in [0.29, 0.717) is 49.0 Å². The quantitative estimate of drug-likeness (QED) is 0.219. The lowest BCUT2D eigenvalue weighted by Gasteiger charge is -2.22. The fraction of sp³-hybridized carbons (Fsp3) is 0.357. The molecule has 0 aliphatic rings. The van der Waals surface area contributed by atoms with Gasteiger partial charge in [0, 0.05) is 57.3 Å². The lowest BCUT2D eigenvalue weighted by Crippen LogP contribution is -2.41. The fourth-order valence-corrected chi connectivity index (χ4v) is 5.15.